The lowest BCUT2D eigenvalue weighted by Crippen LogP contribution is -2.32. The number of halogens is 3. The zero-order valence-electron chi connectivity index (χ0n) is 13.9. The van der Waals surface area contributed by atoms with Crippen molar-refractivity contribution in [3.05, 3.63) is 41.0 Å². The number of benzene rings is 1. The van der Waals surface area contributed by atoms with Gasteiger partial charge in [0.15, 0.2) is 0 Å². The first-order valence-corrected chi connectivity index (χ1v) is 7.47. The van der Waals surface area contributed by atoms with E-state index in [4.69, 9.17) is 4.74 Å². The fourth-order valence-corrected chi connectivity index (χ4v) is 1.86. The van der Waals surface area contributed by atoms with Gasteiger partial charge in [-0.25, -0.2) is 4.79 Å². The standard InChI is InChI=1S/C17H22F3NO3/c1-16(2,3)24-15(23)21-9-5-4-6-12-7-8-14(17(18,19)20)10-13(12)11-22/h4,6-8,10,22H,5,9,11H2,1-3H3,(H,21,23). The van der Waals surface area contributed by atoms with Crippen molar-refractivity contribution in [1.82, 2.24) is 5.32 Å². The van der Waals surface area contributed by atoms with Gasteiger partial charge in [-0.2, -0.15) is 13.2 Å². The topological polar surface area (TPSA) is 58.6 Å². The number of hydrogen-bond acceptors (Lipinski definition) is 3. The Labute approximate surface area is 139 Å². The summed E-state index contributed by atoms with van der Waals surface area (Å²) in [5.41, 5.74) is -0.671. The van der Waals surface area contributed by atoms with Crippen LogP contribution < -0.4 is 5.32 Å². The van der Waals surface area contributed by atoms with Crippen LogP contribution in [0.15, 0.2) is 24.3 Å². The fraction of sp³-hybridized carbons (Fsp3) is 0.471. The number of hydrogen-bond donors (Lipinski definition) is 2. The van der Waals surface area contributed by atoms with Crippen molar-refractivity contribution in [2.75, 3.05) is 6.54 Å². The molecule has 4 nitrogen and oxygen atoms in total. The molecule has 134 valence electrons. The number of aliphatic hydroxyl groups excluding tert-OH is 1. The third-order valence-corrected chi connectivity index (χ3v) is 2.92. The van der Waals surface area contributed by atoms with Crippen LogP contribution in [-0.2, 0) is 17.5 Å². The SMILES string of the molecule is CC(C)(C)OC(=O)NCCC=Cc1ccc(C(F)(F)F)cc1CO. The third kappa shape index (κ3) is 7.04. The van der Waals surface area contributed by atoms with Crippen molar-refractivity contribution >= 4 is 12.2 Å². The highest BCUT2D eigenvalue weighted by Crippen LogP contribution is 2.30. The number of ether oxygens (including phenoxy) is 1. The number of amides is 1. The van der Waals surface area contributed by atoms with Crippen LogP contribution in [0.4, 0.5) is 18.0 Å². The number of rotatable bonds is 5. The smallest absolute Gasteiger partial charge is 0.416 e. The van der Waals surface area contributed by atoms with E-state index in [-0.39, 0.29) is 5.56 Å². The molecule has 0 spiro atoms. The number of alkyl carbamates (subject to hydrolysis) is 1. The largest absolute Gasteiger partial charge is 0.444 e. The highest BCUT2D eigenvalue weighted by Gasteiger charge is 2.30. The average Bonchev–Trinajstić information content (AvgIpc) is 2.44. The fourth-order valence-electron chi connectivity index (χ4n) is 1.86. The minimum atomic E-state index is -4.44. The summed E-state index contributed by atoms with van der Waals surface area (Å²) in [6.45, 7) is 5.12. The molecule has 0 aromatic heterocycles. The highest BCUT2D eigenvalue weighted by atomic mass is 19.4. The zero-order valence-corrected chi connectivity index (χ0v) is 13.9. The van der Waals surface area contributed by atoms with Crippen molar-refractivity contribution < 1.29 is 27.8 Å². The summed E-state index contributed by atoms with van der Waals surface area (Å²) in [5.74, 6) is 0. The Hall–Kier alpha value is -2.02. The molecule has 0 atom stereocenters. The van der Waals surface area contributed by atoms with Crippen LogP contribution >= 0.6 is 0 Å². The van der Waals surface area contributed by atoms with E-state index >= 15 is 0 Å². The lowest BCUT2D eigenvalue weighted by molar-refractivity contribution is -0.137. The number of carbonyl (C=O) groups is 1. The Morgan fingerprint density at radius 3 is 2.50 bits per heavy atom. The highest BCUT2D eigenvalue weighted by molar-refractivity contribution is 5.67. The number of carbonyl (C=O) groups excluding carboxylic acids is 1. The Bertz CT molecular complexity index is 590. The molecule has 0 saturated carbocycles. The molecule has 0 saturated heterocycles. The van der Waals surface area contributed by atoms with Crippen LogP contribution in [0.25, 0.3) is 6.08 Å². The molecule has 1 rings (SSSR count). The molecule has 0 radical (unpaired) electrons. The second-order valence-corrected chi connectivity index (χ2v) is 6.19. The molecule has 1 amide bonds. The van der Waals surface area contributed by atoms with E-state index in [1.54, 1.807) is 32.9 Å². The minimum Gasteiger partial charge on any atom is -0.444 e. The number of nitrogens with one attached hydrogen (secondary N) is 1. The maximum Gasteiger partial charge on any atom is 0.416 e. The molecule has 0 aliphatic heterocycles. The third-order valence-electron chi connectivity index (χ3n) is 2.92. The van der Waals surface area contributed by atoms with Crippen molar-refractivity contribution in [1.29, 1.82) is 0 Å². The van der Waals surface area contributed by atoms with Gasteiger partial charge in [0, 0.05) is 6.54 Å². The first kappa shape index (κ1) is 20.0. The second kappa shape index (κ2) is 8.19. The summed E-state index contributed by atoms with van der Waals surface area (Å²) in [7, 11) is 0. The van der Waals surface area contributed by atoms with E-state index in [0.29, 0.717) is 18.5 Å². The molecule has 0 fully saturated rings. The molecule has 0 bridgehead atoms. The van der Waals surface area contributed by atoms with E-state index in [9.17, 15) is 23.1 Å². The summed E-state index contributed by atoms with van der Waals surface area (Å²) in [6.07, 6.45) is -1.17. The molecular weight excluding hydrogens is 323 g/mol. The summed E-state index contributed by atoms with van der Waals surface area (Å²) in [5, 5.41) is 11.8. The molecule has 7 heteroatoms. The van der Waals surface area contributed by atoms with Gasteiger partial charge in [0.25, 0.3) is 0 Å². The monoisotopic (exact) mass is 345 g/mol. The average molecular weight is 345 g/mol. The van der Waals surface area contributed by atoms with E-state index < -0.39 is 30.0 Å². The Morgan fingerprint density at radius 2 is 1.96 bits per heavy atom. The van der Waals surface area contributed by atoms with Gasteiger partial charge in [-0.05, 0) is 50.5 Å². The summed E-state index contributed by atoms with van der Waals surface area (Å²) < 4.78 is 43.0. The van der Waals surface area contributed by atoms with Gasteiger partial charge < -0.3 is 15.2 Å². The molecule has 1 aromatic rings. The lowest BCUT2D eigenvalue weighted by Gasteiger charge is -2.19. The van der Waals surface area contributed by atoms with Gasteiger partial charge >= 0.3 is 12.3 Å². The quantitative estimate of drug-likeness (QED) is 0.789. The predicted molar refractivity (Wildman–Crippen MR) is 85.3 cm³/mol. The van der Waals surface area contributed by atoms with Crippen molar-refractivity contribution in [2.45, 2.75) is 45.6 Å². The van der Waals surface area contributed by atoms with Gasteiger partial charge in [-0.3, -0.25) is 0 Å². The normalized spacial score (nSPS) is 12.5. The van der Waals surface area contributed by atoms with Crippen molar-refractivity contribution in [2.24, 2.45) is 0 Å². The van der Waals surface area contributed by atoms with Gasteiger partial charge in [0.2, 0.25) is 0 Å². The van der Waals surface area contributed by atoms with Gasteiger partial charge in [-0.15, -0.1) is 0 Å². The van der Waals surface area contributed by atoms with E-state index in [1.165, 1.54) is 6.07 Å². The number of aliphatic hydroxyl groups is 1. The van der Waals surface area contributed by atoms with Gasteiger partial charge in [-0.1, -0.05) is 18.2 Å². The van der Waals surface area contributed by atoms with Crippen LogP contribution in [0, 0.1) is 0 Å². The van der Waals surface area contributed by atoms with Crippen LogP contribution in [0.3, 0.4) is 0 Å². The van der Waals surface area contributed by atoms with Crippen LogP contribution in [-0.4, -0.2) is 23.3 Å². The first-order valence-electron chi connectivity index (χ1n) is 7.47. The Morgan fingerprint density at radius 1 is 1.29 bits per heavy atom. The Balaban J connectivity index is 2.57. The first-order chi connectivity index (χ1) is 11.0. The molecule has 0 heterocycles. The van der Waals surface area contributed by atoms with Crippen LogP contribution in [0.1, 0.15) is 43.9 Å². The maximum absolute atomic E-state index is 12.6. The van der Waals surface area contributed by atoms with E-state index in [0.717, 1.165) is 12.1 Å². The molecule has 24 heavy (non-hydrogen) atoms. The molecular formula is C17H22F3NO3. The van der Waals surface area contributed by atoms with Crippen molar-refractivity contribution in [3.63, 3.8) is 0 Å². The maximum atomic E-state index is 12.6. The zero-order chi connectivity index (χ0) is 18.4. The molecule has 0 aliphatic rings. The minimum absolute atomic E-state index is 0.196. The molecule has 0 unspecified atom stereocenters. The molecule has 1 aromatic carbocycles. The van der Waals surface area contributed by atoms with Gasteiger partial charge in [0.05, 0.1) is 12.2 Å². The summed E-state index contributed by atoms with van der Waals surface area (Å²) in [4.78, 5) is 11.4. The van der Waals surface area contributed by atoms with Crippen molar-refractivity contribution in [3.8, 4) is 0 Å². The predicted octanol–water partition coefficient (Wildman–Crippen LogP) is 4.13. The van der Waals surface area contributed by atoms with Crippen LogP contribution in [0.2, 0.25) is 0 Å². The molecule has 2 N–H and O–H groups in total. The van der Waals surface area contributed by atoms with E-state index in [1.807, 2.05) is 0 Å². The lowest BCUT2D eigenvalue weighted by atomic mass is 10.0. The summed E-state index contributed by atoms with van der Waals surface area (Å²) >= 11 is 0. The summed E-state index contributed by atoms with van der Waals surface area (Å²) in [6, 6.07) is 3.21. The molecule has 0 aliphatic carbocycles. The second-order valence-electron chi connectivity index (χ2n) is 6.19. The van der Waals surface area contributed by atoms with Crippen LogP contribution in [0.5, 0.6) is 0 Å². The van der Waals surface area contributed by atoms with E-state index in [2.05, 4.69) is 5.32 Å². The van der Waals surface area contributed by atoms with Gasteiger partial charge in [0.1, 0.15) is 5.60 Å². The number of alkyl halides is 3. The Kier molecular flexibility index (Phi) is 6.83.